The third-order valence-electron chi connectivity index (χ3n) is 1.75. The van der Waals surface area contributed by atoms with E-state index in [1.165, 1.54) is 0 Å². The maximum Gasteiger partial charge on any atom is 0.0913 e. The fourth-order valence-corrected chi connectivity index (χ4v) is 1.18. The second kappa shape index (κ2) is 4.87. The molecule has 0 aliphatic heterocycles. The molecule has 3 nitrogen and oxygen atoms in total. The first-order chi connectivity index (χ1) is 5.88. The Morgan fingerprint density at radius 2 is 2.58 bits per heavy atom. The molecule has 0 spiro atoms. The van der Waals surface area contributed by atoms with Crippen molar-refractivity contribution < 1.29 is 4.39 Å². The van der Waals surface area contributed by atoms with E-state index in [-0.39, 0.29) is 12.7 Å². The summed E-state index contributed by atoms with van der Waals surface area (Å²) in [5.74, 6) is 0. The summed E-state index contributed by atoms with van der Waals surface area (Å²) in [6.45, 7) is 2.53. The average molecular weight is 171 g/mol. The van der Waals surface area contributed by atoms with Gasteiger partial charge in [-0.3, -0.25) is 9.49 Å². The summed E-state index contributed by atoms with van der Waals surface area (Å²) >= 11 is 0. The first-order valence-electron chi connectivity index (χ1n) is 4.17. The lowest BCUT2D eigenvalue weighted by Crippen LogP contribution is -2.21. The van der Waals surface area contributed by atoms with E-state index >= 15 is 0 Å². The molecule has 0 fully saturated rings. The predicted octanol–water partition coefficient (Wildman–Crippen LogP) is 1.42. The lowest BCUT2D eigenvalue weighted by molar-refractivity contribution is 0.401. The lowest BCUT2D eigenvalue weighted by atomic mass is 10.1. The zero-order valence-electron chi connectivity index (χ0n) is 7.18. The summed E-state index contributed by atoms with van der Waals surface area (Å²) in [5, 5.41) is 9.82. The summed E-state index contributed by atoms with van der Waals surface area (Å²) < 4.78 is 12.1. The van der Waals surface area contributed by atoms with Crippen LogP contribution in [-0.4, -0.2) is 23.4 Å². The van der Waals surface area contributed by atoms with Gasteiger partial charge in [-0.15, -0.1) is 0 Å². The second-order valence-electron chi connectivity index (χ2n) is 2.60. The van der Waals surface area contributed by atoms with Crippen LogP contribution in [-0.2, 0) is 0 Å². The quantitative estimate of drug-likeness (QED) is 0.703. The van der Waals surface area contributed by atoms with Gasteiger partial charge in [0.1, 0.15) is 0 Å². The summed E-state index contributed by atoms with van der Waals surface area (Å²) in [6.07, 6.45) is 2.17. The highest BCUT2D eigenvalue weighted by molar-refractivity contribution is 5.04. The highest BCUT2D eigenvalue weighted by atomic mass is 19.1. The van der Waals surface area contributed by atoms with Gasteiger partial charge >= 0.3 is 0 Å². The fourth-order valence-electron chi connectivity index (χ4n) is 1.18. The van der Waals surface area contributed by atoms with Crippen molar-refractivity contribution in [1.82, 2.24) is 15.5 Å². The average Bonchev–Trinajstić information content (AvgIpc) is 2.56. The van der Waals surface area contributed by atoms with Crippen LogP contribution in [0.5, 0.6) is 0 Å². The first kappa shape index (κ1) is 9.19. The minimum absolute atomic E-state index is 0.0718. The Labute approximate surface area is 71.4 Å². The van der Waals surface area contributed by atoms with E-state index in [0.717, 1.165) is 12.2 Å². The molecule has 0 saturated carbocycles. The molecular formula is C8H14FN3. The van der Waals surface area contributed by atoms with Gasteiger partial charge < -0.3 is 5.32 Å². The molecule has 0 saturated heterocycles. The molecule has 0 aliphatic rings. The summed E-state index contributed by atoms with van der Waals surface area (Å²) in [4.78, 5) is 0. The van der Waals surface area contributed by atoms with Crippen molar-refractivity contribution in [3.63, 3.8) is 0 Å². The van der Waals surface area contributed by atoms with E-state index in [4.69, 9.17) is 0 Å². The molecule has 68 valence electrons. The van der Waals surface area contributed by atoms with Crippen molar-refractivity contribution in [3.8, 4) is 0 Å². The molecule has 1 unspecified atom stereocenters. The van der Waals surface area contributed by atoms with Crippen molar-refractivity contribution in [1.29, 1.82) is 0 Å². The Kier molecular flexibility index (Phi) is 3.73. The first-order valence-corrected chi connectivity index (χ1v) is 4.17. The minimum atomic E-state index is -0.309. The van der Waals surface area contributed by atoms with Crippen LogP contribution >= 0.6 is 0 Å². The molecule has 1 aromatic heterocycles. The Balaban J connectivity index is 2.53. The fraction of sp³-hybridized carbons (Fsp3) is 0.625. The maximum atomic E-state index is 12.1. The van der Waals surface area contributed by atoms with Gasteiger partial charge in [-0.05, 0) is 19.0 Å². The van der Waals surface area contributed by atoms with Crippen LogP contribution in [0.2, 0.25) is 0 Å². The monoisotopic (exact) mass is 171 g/mol. The molecule has 1 aromatic rings. The van der Waals surface area contributed by atoms with Gasteiger partial charge in [-0.2, -0.15) is 5.10 Å². The molecule has 0 radical (unpaired) electrons. The molecule has 0 bridgehead atoms. The number of alkyl halides is 1. The topological polar surface area (TPSA) is 40.7 Å². The van der Waals surface area contributed by atoms with Gasteiger partial charge in [0.05, 0.1) is 18.4 Å². The summed E-state index contributed by atoms with van der Waals surface area (Å²) in [6, 6.07) is 1.94. The zero-order chi connectivity index (χ0) is 8.81. The molecule has 1 atom stereocenters. The van der Waals surface area contributed by atoms with E-state index in [0.29, 0.717) is 6.42 Å². The number of nitrogens with one attached hydrogen (secondary N) is 2. The van der Waals surface area contributed by atoms with Gasteiger partial charge in [-0.25, -0.2) is 0 Å². The SMILES string of the molecule is CCNC(CCF)c1ccn[nH]1. The molecule has 0 aromatic carbocycles. The lowest BCUT2D eigenvalue weighted by Gasteiger charge is -2.13. The highest BCUT2D eigenvalue weighted by Crippen LogP contribution is 2.12. The number of aromatic nitrogens is 2. The number of nitrogens with zero attached hydrogens (tertiary/aromatic N) is 1. The van der Waals surface area contributed by atoms with E-state index in [1.807, 2.05) is 13.0 Å². The molecular weight excluding hydrogens is 157 g/mol. The number of aromatic amines is 1. The number of halogens is 1. The third-order valence-corrected chi connectivity index (χ3v) is 1.75. The summed E-state index contributed by atoms with van der Waals surface area (Å²) in [7, 11) is 0. The Morgan fingerprint density at radius 1 is 1.75 bits per heavy atom. The second-order valence-corrected chi connectivity index (χ2v) is 2.60. The predicted molar refractivity (Wildman–Crippen MR) is 45.6 cm³/mol. The number of rotatable bonds is 5. The van der Waals surface area contributed by atoms with Gasteiger partial charge in [0.2, 0.25) is 0 Å². The highest BCUT2D eigenvalue weighted by Gasteiger charge is 2.09. The Hall–Kier alpha value is -0.900. The van der Waals surface area contributed by atoms with Crippen LogP contribution in [0.25, 0.3) is 0 Å². The van der Waals surface area contributed by atoms with Gasteiger partial charge in [0.25, 0.3) is 0 Å². The smallest absolute Gasteiger partial charge is 0.0913 e. The van der Waals surface area contributed by atoms with Crippen LogP contribution in [0.15, 0.2) is 12.3 Å². The number of hydrogen-bond acceptors (Lipinski definition) is 2. The van der Waals surface area contributed by atoms with Crippen molar-refractivity contribution >= 4 is 0 Å². The zero-order valence-corrected chi connectivity index (χ0v) is 7.18. The molecule has 4 heteroatoms. The molecule has 1 heterocycles. The van der Waals surface area contributed by atoms with E-state index in [2.05, 4.69) is 15.5 Å². The van der Waals surface area contributed by atoms with E-state index in [9.17, 15) is 4.39 Å². The van der Waals surface area contributed by atoms with Crippen molar-refractivity contribution in [2.24, 2.45) is 0 Å². The van der Waals surface area contributed by atoms with Crippen LogP contribution in [0.3, 0.4) is 0 Å². The van der Waals surface area contributed by atoms with Crippen LogP contribution in [0.4, 0.5) is 4.39 Å². The largest absolute Gasteiger partial charge is 0.309 e. The van der Waals surface area contributed by atoms with Crippen LogP contribution < -0.4 is 5.32 Å². The van der Waals surface area contributed by atoms with Crippen LogP contribution in [0.1, 0.15) is 25.1 Å². The molecule has 2 N–H and O–H groups in total. The Bertz CT molecular complexity index is 192. The van der Waals surface area contributed by atoms with Crippen molar-refractivity contribution in [3.05, 3.63) is 18.0 Å². The number of H-pyrrole nitrogens is 1. The molecule has 0 amide bonds. The van der Waals surface area contributed by atoms with Crippen molar-refractivity contribution in [2.45, 2.75) is 19.4 Å². The van der Waals surface area contributed by atoms with Gasteiger partial charge in [-0.1, -0.05) is 6.92 Å². The molecule has 0 aliphatic carbocycles. The minimum Gasteiger partial charge on any atom is -0.309 e. The van der Waals surface area contributed by atoms with Crippen molar-refractivity contribution in [2.75, 3.05) is 13.2 Å². The Morgan fingerprint density at radius 3 is 3.08 bits per heavy atom. The maximum absolute atomic E-state index is 12.1. The van der Waals surface area contributed by atoms with Gasteiger partial charge in [0, 0.05) is 6.20 Å². The third kappa shape index (κ3) is 2.30. The number of hydrogen-bond donors (Lipinski definition) is 2. The van der Waals surface area contributed by atoms with E-state index < -0.39 is 0 Å². The summed E-state index contributed by atoms with van der Waals surface area (Å²) in [5.41, 5.74) is 0.953. The molecule has 12 heavy (non-hydrogen) atoms. The van der Waals surface area contributed by atoms with E-state index in [1.54, 1.807) is 6.20 Å². The molecule has 1 rings (SSSR count). The van der Waals surface area contributed by atoms with Gasteiger partial charge in [0.15, 0.2) is 0 Å². The standard InChI is InChI=1S/C8H14FN3/c1-2-10-7(3-5-9)8-4-6-11-12-8/h4,6-7,10H,2-3,5H2,1H3,(H,11,12). The normalized spacial score (nSPS) is 13.2. The van der Waals surface area contributed by atoms with Crippen LogP contribution in [0, 0.1) is 0 Å².